The number of nitriles is 2. The Bertz CT molecular complexity index is 1050. The molecular weight excluding hydrogens is 355 g/mol. The normalized spacial score (nSPS) is 11.0. The molecule has 1 aromatic heterocycles. The van der Waals surface area contributed by atoms with Crippen LogP contribution in [0.2, 0.25) is 10.0 Å². The van der Waals surface area contributed by atoms with Gasteiger partial charge in [-0.1, -0.05) is 35.3 Å². The lowest BCUT2D eigenvalue weighted by Gasteiger charge is -2.01. The van der Waals surface area contributed by atoms with Crippen molar-refractivity contribution in [3.05, 3.63) is 81.5 Å². The summed E-state index contributed by atoms with van der Waals surface area (Å²) in [6.45, 7) is 0. The lowest BCUT2D eigenvalue weighted by atomic mass is 10.0. The Labute approximate surface area is 155 Å². The van der Waals surface area contributed by atoms with Crippen LogP contribution in [-0.2, 0) is 0 Å². The average Bonchev–Trinajstić information content (AvgIpc) is 3.08. The van der Waals surface area contributed by atoms with E-state index in [1.54, 1.807) is 60.7 Å². The predicted molar refractivity (Wildman–Crippen MR) is 98.8 cm³/mol. The number of benzene rings is 2. The summed E-state index contributed by atoms with van der Waals surface area (Å²) in [5, 5.41) is 19.4. The first-order chi connectivity index (χ1) is 12.1. The molecule has 0 aliphatic carbocycles. The van der Waals surface area contributed by atoms with Gasteiger partial charge >= 0.3 is 0 Å². The molecule has 0 atom stereocenters. The summed E-state index contributed by atoms with van der Waals surface area (Å²) >= 11 is 12.1. The Balaban J connectivity index is 1.97. The quantitative estimate of drug-likeness (QED) is 0.520. The van der Waals surface area contributed by atoms with E-state index in [0.29, 0.717) is 38.3 Å². The lowest BCUT2D eigenvalue weighted by molar-refractivity contribution is 0.572. The summed E-state index contributed by atoms with van der Waals surface area (Å²) in [6, 6.07) is 19.7. The molecule has 2 aromatic carbocycles. The van der Waals surface area contributed by atoms with Gasteiger partial charge in [0.25, 0.3) is 0 Å². The Morgan fingerprint density at radius 3 is 2.56 bits per heavy atom. The molecule has 0 N–H and O–H groups in total. The van der Waals surface area contributed by atoms with Gasteiger partial charge in [0.2, 0.25) is 0 Å². The molecule has 0 saturated carbocycles. The third-order valence-electron chi connectivity index (χ3n) is 3.53. The van der Waals surface area contributed by atoms with E-state index in [2.05, 4.69) is 12.1 Å². The van der Waals surface area contributed by atoms with Crippen LogP contribution in [0.1, 0.15) is 16.9 Å². The second-order valence-corrected chi connectivity index (χ2v) is 6.03. The molecule has 120 valence electrons. The van der Waals surface area contributed by atoms with Gasteiger partial charge in [0.05, 0.1) is 28.3 Å². The fraction of sp³-hybridized carbons (Fsp3) is 0. The minimum atomic E-state index is 0.403. The van der Waals surface area contributed by atoms with Gasteiger partial charge < -0.3 is 4.42 Å². The van der Waals surface area contributed by atoms with Gasteiger partial charge in [0.1, 0.15) is 11.5 Å². The van der Waals surface area contributed by atoms with E-state index in [4.69, 9.17) is 32.9 Å². The van der Waals surface area contributed by atoms with Gasteiger partial charge in [-0.3, -0.25) is 0 Å². The number of hydrogen-bond acceptors (Lipinski definition) is 3. The lowest BCUT2D eigenvalue weighted by Crippen LogP contribution is -1.83. The van der Waals surface area contributed by atoms with E-state index in [1.165, 1.54) is 0 Å². The van der Waals surface area contributed by atoms with E-state index >= 15 is 0 Å². The molecule has 0 radical (unpaired) electrons. The summed E-state index contributed by atoms with van der Waals surface area (Å²) in [4.78, 5) is 0. The third-order valence-corrected chi connectivity index (χ3v) is 4.08. The van der Waals surface area contributed by atoms with Crippen molar-refractivity contribution in [2.24, 2.45) is 0 Å². The molecule has 3 rings (SSSR count). The zero-order chi connectivity index (χ0) is 17.8. The summed E-state index contributed by atoms with van der Waals surface area (Å²) in [5.41, 5.74) is 2.27. The first kappa shape index (κ1) is 16.9. The molecule has 3 aromatic rings. The monoisotopic (exact) mass is 364 g/mol. The van der Waals surface area contributed by atoms with Crippen LogP contribution < -0.4 is 0 Å². The van der Waals surface area contributed by atoms with Gasteiger partial charge in [-0.2, -0.15) is 10.5 Å². The highest BCUT2D eigenvalue weighted by atomic mass is 35.5. The highest BCUT2D eigenvalue weighted by Crippen LogP contribution is 2.32. The molecule has 0 spiro atoms. The smallest absolute Gasteiger partial charge is 0.136 e. The van der Waals surface area contributed by atoms with E-state index in [0.717, 1.165) is 5.56 Å². The van der Waals surface area contributed by atoms with Crippen molar-refractivity contribution in [2.75, 3.05) is 0 Å². The Morgan fingerprint density at radius 2 is 1.84 bits per heavy atom. The molecular formula is C20H10Cl2N2O. The van der Waals surface area contributed by atoms with E-state index in [1.807, 2.05) is 0 Å². The topological polar surface area (TPSA) is 60.7 Å². The van der Waals surface area contributed by atoms with Crippen molar-refractivity contribution in [2.45, 2.75) is 0 Å². The maximum atomic E-state index is 9.42. The van der Waals surface area contributed by atoms with Gasteiger partial charge in [0, 0.05) is 10.6 Å². The van der Waals surface area contributed by atoms with E-state index in [-0.39, 0.29) is 0 Å². The maximum Gasteiger partial charge on any atom is 0.136 e. The van der Waals surface area contributed by atoms with Crippen LogP contribution >= 0.6 is 23.2 Å². The van der Waals surface area contributed by atoms with E-state index < -0.39 is 0 Å². The van der Waals surface area contributed by atoms with Gasteiger partial charge in [0.15, 0.2) is 0 Å². The molecule has 0 bridgehead atoms. The molecule has 5 heteroatoms. The van der Waals surface area contributed by atoms with Crippen molar-refractivity contribution < 1.29 is 4.42 Å². The zero-order valence-corrected chi connectivity index (χ0v) is 14.3. The number of halogens is 2. The Kier molecular flexibility index (Phi) is 4.91. The van der Waals surface area contributed by atoms with E-state index in [9.17, 15) is 5.26 Å². The second kappa shape index (κ2) is 7.28. The standard InChI is InChI=1S/C20H10Cl2N2O/c21-16-4-6-18(19(22)10-16)20-7-5-17(25-20)9-15(12-24)14-3-1-2-13(8-14)11-23/h1-10H. The van der Waals surface area contributed by atoms with Crippen LogP contribution in [0.5, 0.6) is 0 Å². The molecule has 1 heterocycles. The number of rotatable bonds is 3. The van der Waals surface area contributed by atoms with Crippen LogP contribution in [0.4, 0.5) is 0 Å². The summed E-state index contributed by atoms with van der Waals surface area (Å²) in [5.74, 6) is 1.09. The largest absolute Gasteiger partial charge is 0.457 e. The summed E-state index contributed by atoms with van der Waals surface area (Å²) in [7, 11) is 0. The minimum absolute atomic E-state index is 0.403. The summed E-state index contributed by atoms with van der Waals surface area (Å²) in [6.07, 6.45) is 1.63. The molecule has 0 saturated heterocycles. The Morgan fingerprint density at radius 1 is 1.00 bits per heavy atom. The van der Waals surface area contributed by atoms with Crippen LogP contribution in [0.3, 0.4) is 0 Å². The Hall–Kier alpha value is -2.98. The number of hydrogen-bond donors (Lipinski definition) is 0. The molecule has 0 unspecified atom stereocenters. The van der Waals surface area contributed by atoms with Gasteiger partial charge in [-0.15, -0.1) is 0 Å². The predicted octanol–water partition coefficient (Wildman–Crippen LogP) is 6.19. The fourth-order valence-electron chi connectivity index (χ4n) is 2.34. The molecule has 0 aliphatic heterocycles. The van der Waals surface area contributed by atoms with Gasteiger partial charge in [-0.25, -0.2) is 0 Å². The number of furan rings is 1. The number of allylic oxidation sites excluding steroid dienone is 1. The van der Waals surface area contributed by atoms with Crippen LogP contribution in [0.15, 0.2) is 59.0 Å². The summed E-state index contributed by atoms with van der Waals surface area (Å²) < 4.78 is 5.78. The molecule has 0 fully saturated rings. The van der Waals surface area contributed by atoms with Crippen molar-refractivity contribution in [1.82, 2.24) is 0 Å². The average molecular weight is 365 g/mol. The fourth-order valence-corrected chi connectivity index (χ4v) is 2.84. The van der Waals surface area contributed by atoms with Crippen molar-refractivity contribution in [3.8, 4) is 23.5 Å². The second-order valence-electron chi connectivity index (χ2n) is 5.19. The molecule has 0 aliphatic rings. The van der Waals surface area contributed by atoms with Crippen LogP contribution in [0, 0.1) is 22.7 Å². The maximum absolute atomic E-state index is 9.42. The van der Waals surface area contributed by atoms with Gasteiger partial charge in [-0.05, 0) is 54.1 Å². The molecule has 0 amide bonds. The zero-order valence-electron chi connectivity index (χ0n) is 12.8. The minimum Gasteiger partial charge on any atom is -0.457 e. The van der Waals surface area contributed by atoms with Crippen LogP contribution in [0.25, 0.3) is 23.0 Å². The first-order valence-corrected chi connectivity index (χ1v) is 8.04. The highest BCUT2D eigenvalue weighted by molar-refractivity contribution is 6.36. The molecule has 25 heavy (non-hydrogen) atoms. The SMILES string of the molecule is N#CC(=Cc1ccc(-c2ccc(Cl)cc2Cl)o1)c1cccc(C#N)c1. The molecule has 3 nitrogen and oxygen atoms in total. The van der Waals surface area contributed by atoms with Crippen molar-refractivity contribution in [1.29, 1.82) is 10.5 Å². The van der Waals surface area contributed by atoms with Crippen molar-refractivity contribution >= 4 is 34.9 Å². The first-order valence-electron chi connectivity index (χ1n) is 7.28. The van der Waals surface area contributed by atoms with Crippen molar-refractivity contribution in [3.63, 3.8) is 0 Å². The third kappa shape index (κ3) is 3.75. The number of nitrogens with zero attached hydrogens (tertiary/aromatic N) is 2. The highest BCUT2D eigenvalue weighted by Gasteiger charge is 2.10. The van der Waals surface area contributed by atoms with Crippen LogP contribution in [-0.4, -0.2) is 0 Å².